The Labute approximate surface area is 394 Å². The fourth-order valence-electron chi connectivity index (χ4n) is 12.3. The Morgan fingerprint density at radius 1 is 0.612 bits per heavy atom. The summed E-state index contributed by atoms with van der Waals surface area (Å²) in [7, 11) is 0. The molecule has 67 heavy (non-hydrogen) atoms. The number of amides is 6. The van der Waals surface area contributed by atoms with Crippen molar-refractivity contribution < 1.29 is 28.7 Å². The van der Waals surface area contributed by atoms with Crippen LogP contribution in [0.15, 0.2) is 24.5 Å². The number of rotatable bonds is 11. The maximum atomic E-state index is 14.2. The molecule has 5 aliphatic heterocycles. The highest BCUT2D eigenvalue weighted by atomic mass is 16.5. The van der Waals surface area contributed by atoms with Crippen LogP contribution in [0.3, 0.4) is 0 Å². The van der Waals surface area contributed by atoms with E-state index in [1.807, 2.05) is 49.9 Å². The standard InChI is InChI=1S/C50H71N11O6/c1-30(2)43(55-49(64)58-19-23-66-24-20-58)47(62)60-15-5-7-39(60)45-51-28-36(53-45)32-13-17-57(18-14-32)38-12-11-35(41-33-9-10-34(27-33)42(38)41)37-29-52-46(54-37)40-8-6-16-61(40)48(63)44(31(3)4)56-50(65)59-21-25-67-26-22-59/h11-12,28-34,39-40,43-44H,5-10,13-27H2,1-4H3,(H,51,53)(H,52,54)(H,55,64)(H,56,65)/t33?,34?,39-,40-,43-,44?/m0/s1. The summed E-state index contributed by atoms with van der Waals surface area (Å²) in [5.74, 6) is 2.90. The number of likely N-dealkylation sites (tertiary alicyclic amines) is 2. The first-order valence-corrected chi connectivity index (χ1v) is 25.4. The maximum absolute atomic E-state index is 14.2. The number of hydrogen-bond donors (Lipinski definition) is 4. The van der Waals surface area contributed by atoms with Crippen LogP contribution < -0.4 is 15.5 Å². The lowest BCUT2D eigenvalue weighted by molar-refractivity contribution is -0.136. The zero-order chi connectivity index (χ0) is 46.3. The summed E-state index contributed by atoms with van der Waals surface area (Å²) in [6.07, 6.45) is 13.1. The smallest absolute Gasteiger partial charge is 0.318 e. The number of ether oxygens (including phenoxy) is 2. The minimum absolute atomic E-state index is 0.0408. The zero-order valence-electron chi connectivity index (χ0n) is 39.9. The van der Waals surface area contributed by atoms with E-state index in [0.717, 1.165) is 74.7 Å². The van der Waals surface area contributed by atoms with Crippen molar-refractivity contribution in [1.29, 1.82) is 0 Å². The van der Waals surface area contributed by atoms with E-state index < -0.39 is 12.1 Å². The predicted molar refractivity (Wildman–Crippen MR) is 253 cm³/mol. The lowest BCUT2D eigenvalue weighted by atomic mass is 9.85. The van der Waals surface area contributed by atoms with Crippen molar-refractivity contribution in [2.75, 3.05) is 83.7 Å². The highest BCUT2D eigenvalue weighted by Crippen LogP contribution is 2.58. The molecule has 2 bridgehead atoms. The van der Waals surface area contributed by atoms with Gasteiger partial charge >= 0.3 is 12.1 Å². The molecular formula is C50H71N11O6. The molecule has 1 saturated carbocycles. The number of imidazole rings is 2. The van der Waals surface area contributed by atoms with E-state index >= 15 is 0 Å². The van der Waals surface area contributed by atoms with Gasteiger partial charge in [-0.3, -0.25) is 9.59 Å². The fourth-order valence-corrected chi connectivity index (χ4v) is 12.3. The minimum Gasteiger partial charge on any atom is -0.378 e. The number of aromatic nitrogens is 4. The lowest BCUT2D eigenvalue weighted by Crippen LogP contribution is -2.55. The van der Waals surface area contributed by atoms with Crippen LogP contribution in [-0.4, -0.2) is 154 Å². The molecule has 2 aliphatic carbocycles. The largest absolute Gasteiger partial charge is 0.378 e. The van der Waals surface area contributed by atoms with E-state index in [-0.39, 0.29) is 47.8 Å². The van der Waals surface area contributed by atoms with Gasteiger partial charge in [-0.25, -0.2) is 19.6 Å². The number of aromatic amines is 2. The highest BCUT2D eigenvalue weighted by molar-refractivity contribution is 5.89. The molecule has 3 unspecified atom stereocenters. The molecule has 17 nitrogen and oxygen atoms in total. The van der Waals surface area contributed by atoms with Crippen LogP contribution in [0.4, 0.5) is 15.3 Å². The Balaban J connectivity index is 0.797. The number of nitrogens with one attached hydrogen (secondary N) is 4. The van der Waals surface area contributed by atoms with Gasteiger partial charge in [-0.15, -0.1) is 0 Å². The molecule has 0 spiro atoms. The third kappa shape index (κ3) is 9.02. The van der Waals surface area contributed by atoms with E-state index in [0.29, 0.717) is 83.4 Å². The van der Waals surface area contributed by atoms with Gasteiger partial charge in [0, 0.05) is 81.4 Å². The summed E-state index contributed by atoms with van der Waals surface area (Å²) >= 11 is 0. The number of anilines is 1. The first-order valence-electron chi connectivity index (χ1n) is 25.4. The molecule has 6 fully saturated rings. The lowest BCUT2D eigenvalue weighted by Gasteiger charge is -2.36. The summed E-state index contributed by atoms with van der Waals surface area (Å²) in [5.41, 5.74) is 7.76. The minimum atomic E-state index is -0.620. The number of urea groups is 2. The van der Waals surface area contributed by atoms with E-state index in [1.165, 1.54) is 41.6 Å². The van der Waals surface area contributed by atoms with E-state index in [2.05, 4.69) is 37.6 Å². The zero-order valence-corrected chi connectivity index (χ0v) is 39.9. The molecule has 10 rings (SSSR count). The van der Waals surface area contributed by atoms with Crippen LogP contribution >= 0.6 is 0 Å². The summed E-state index contributed by atoms with van der Waals surface area (Å²) in [6.45, 7) is 15.3. The molecule has 2 aromatic heterocycles. The van der Waals surface area contributed by atoms with Gasteiger partial charge in [0.05, 0.1) is 50.4 Å². The van der Waals surface area contributed by atoms with Crippen LogP contribution in [0.1, 0.15) is 144 Å². The monoisotopic (exact) mass is 922 g/mol. The molecule has 6 atom stereocenters. The molecule has 7 aliphatic rings. The molecule has 5 saturated heterocycles. The molecule has 3 aromatic rings. The van der Waals surface area contributed by atoms with Gasteiger partial charge in [0.2, 0.25) is 11.8 Å². The number of fused-ring (bicyclic) bond motifs is 5. The number of piperidine rings is 1. The first kappa shape index (κ1) is 45.6. The van der Waals surface area contributed by atoms with Gasteiger partial charge in [0.15, 0.2) is 0 Å². The van der Waals surface area contributed by atoms with Gasteiger partial charge in [-0.2, -0.15) is 0 Å². The second-order valence-electron chi connectivity index (χ2n) is 20.8. The van der Waals surface area contributed by atoms with Crippen LogP contribution in [0, 0.1) is 11.8 Å². The second-order valence-corrected chi connectivity index (χ2v) is 20.8. The normalized spacial score (nSPS) is 25.3. The molecule has 362 valence electrons. The number of H-pyrrole nitrogens is 2. The fraction of sp³-hybridized carbons (Fsp3) is 0.680. The molecular weight excluding hydrogens is 851 g/mol. The first-order chi connectivity index (χ1) is 32.5. The third-order valence-corrected chi connectivity index (χ3v) is 16.0. The molecule has 6 amide bonds. The molecule has 1 aromatic carbocycles. The summed E-state index contributed by atoms with van der Waals surface area (Å²) in [5, 5.41) is 6.12. The third-order valence-electron chi connectivity index (χ3n) is 16.0. The predicted octanol–water partition coefficient (Wildman–Crippen LogP) is 6.01. The number of benzene rings is 1. The molecule has 17 heteroatoms. The molecule has 0 radical (unpaired) electrons. The van der Waals surface area contributed by atoms with E-state index in [4.69, 9.17) is 19.4 Å². The Hall–Kier alpha value is -5.16. The van der Waals surface area contributed by atoms with E-state index in [1.54, 1.807) is 9.80 Å². The second kappa shape index (κ2) is 19.4. The van der Waals surface area contributed by atoms with Crippen molar-refractivity contribution >= 4 is 29.6 Å². The van der Waals surface area contributed by atoms with Crippen molar-refractivity contribution in [1.82, 2.24) is 50.2 Å². The Morgan fingerprint density at radius 3 is 1.69 bits per heavy atom. The Morgan fingerprint density at radius 2 is 1.13 bits per heavy atom. The number of nitrogens with zero attached hydrogens (tertiary/aromatic N) is 7. The topological polar surface area (TPSA) is 184 Å². The van der Waals surface area contributed by atoms with Crippen molar-refractivity contribution in [3.63, 3.8) is 0 Å². The summed E-state index contributed by atoms with van der Waals surface area (Å²) in [6, 6.07) is 2.71. The van der Waals surface area contributed by atoms with Crippen LogP contribution in [0.5, 0.6) is 0 Å². The summed E-state index contributed by atoms with van der Waals surface area (Å²) < 4.78 is 10.9. The average Bonchev–Trinajstić information content (AvgIpc) is 4.22. The number of hydrogen-bond acceptors (Lipinski definition) is 9. The van der Waals surface area contributed by atoms with Gasteiger partial charge in [-0.05, 0) is 98.7 Å². The Bertz CT molecular complexity index is 2270. The molecule has 4 N–H and O–H groups in total. The van der Waals surface area contributed by atoms with Crippen LogP contribution in [-0.2, 0) is 19.1 Å². The Kier molecular flexibility index (Phi) is 13.2. The SMILES string of the molecule is CC(C)C(NC(=O)N1CCOCC1)C(=O)N1CCC[C@H]1c1ncc(-c2ccc(N3CCC(c4cnc([C@@H]5CCCN5C(=O)[C@@H](NC(=O)N5CCOCC5)C(C)C)[nH]4)CC3)c3c2C2CCC3C2)[nH]1. The van der Waals surface area contributed by atoms with Crippen LogP contribution in [0.25, 0.3) is 11.3 Å². The quantitative estimate of drug-likeness (QED) is 0.179. The summed E-state index contributed by atoms with van der Waals surface area (Å²) in [4.78, 5) is 81.8. The number of carbonyl (C=O) groups is 4. The van der Waals surface area contributed by atoms with Crippen LogP contribution in [0.2, 0.25) is 0 Å². The molecule has 7 heterocycles. The van der Waals surface area contributed by atoms with Crippen molar-refractivity contribution in [3.05, 3.63) is 53.0 Å². The van der Waals surface area contributed by atoms with E-state index in [9.17, 15) is 19.2 Å². The van der Waals surface area contributed by atoms with Crippen molar-refractivity contribution in [2.24, 2.45) is 11.8 Å². The highest BCUT2D eigenvalue weighted by Gasteiger charge is 2.43. The van der Waals surface area contributed by atoms with Gasteiger partial charge in [0.25, 0.3) is 0 Å². The number of carbonyl (C=O) groups excluding carboxylic acids is 4. The van der Waals surface area contributed by atoms with Crippen molar-refractivity contribution in [2.45, 2.75) is 127 Å². The van der Waals surface area contributed by atoms with Gasteiger partial charge in [-0.1, -0.05) is 33.8 Å². The number of morpholine rings is 2. The van der Waals surface area contributed by atoms with Crippen molar-refractivity contribution in [3.8, 4) is 11.3 Å². The van der Waals surface area contributed by atoms with Gasteiger partial charge < -0.3 is 54.6 Å². The average molecular weight is 922 g/mol. The van der Waals surface area contributed by atoms with Gasteiger partial charge in [0.1, 0.15) is 23.7 Å². The maximum Gasteiger partial charge on any atom is 0.318 e.